The van der Waals surface area contributed by atoms with E-state index in [0.29, 0.717) is 0 Å². The molecule has 0 aliphatic heterocycles. The van der Waals surface area contributed by atoms with E-state index >= 15 is 0 Å². The van der Waals surface area contributed by atoms with Gasteiger partial charge in [-0.25, -0.2) is 4.79 Å². The largest absolute Gasteiger partial charge is 0.481 e. The van der Waals surface area contributed by atoms with E-state index in [2.05, 4.69) is 16.0 Å². The summed E-state index contributed by atoms with van der Waals surface area (Å²) in [6, 6.07) is -5.51. The van der Waals surface area contributed by atoms with Crippen LogP contribution in [-0.4, -0.2) is 69.9 Å². The predicted octanol–water partition coefficient (Wildman–Crippen LogP) is -3.12. The Kier molecular flexibility index (Phi) is 10.3. The Morgan fingerprint density at radius 1 is 0.793 bits per heavy atom. The zero-order valence-electron chi connectivity index (χ0n) is 16.3. The van der Waals surface area contributed by atoms with Gasteiger partial charge >= 0.3 is 11.9 Å². The summed E-state index contributed by atoms with van der Waals surface area (Å²) in [5.41, 5.74) is 10.4. The Bertz CT molecular complexity index is 664. The van der Waals surface area contributed by atoms with Crippen molar-refractivity contribution in [3.8, 4) is 0 Å². The van der Waals surface area contributed by atoms with E-state index in [1.807, 2.05) is 0 Å². The maximum Gasteiger partial charge on any atom is 0.326 e. The van der Waals surface area contributed by atoms with E-state index < -0.39 is 78.5 Å². The van der Waals surface area contributed by atoms with Crippen LogP contribution in [0.25, 0.3) is 0 Å². The van der Waals surface area contributed by atoms with Gasteiger partial charge in [0, 0.05) is 0 Å². The number of primary amides is 1. The molecule has 0 fully saturated rings. The number of carboxylic acid groups (broad SMARTS) is 2. The van der Waals surface area contributed by atoms with Gasteiger partial charge in [-0.3, -0.25) is 24.0 Å². The Hall–Kier alpha value is -3.22. The lowest BCUT2D eigenvalue weighted by Crippen LogP contribution is -2.58. The second-order valence-electron chi connectivity index (χ2n) is 6.75. The average molecular weight is 417 g/mol. The maximum absolute atomic E-state index is 12.4. The molecule has 0 heterocycles. The van der Waals surface area contributed by atoms with Crippen LogP contribution in [0.2, 0.25) is 0 Å². The Morgan fingerprint density at radius 3 is 1.62 bits per heavy atom. The molecule has 0 bridgehead atoms. The molecule has 0 aliphatic rings. The second-order valence-corrected chi connectivity index (χ2v) is 6.75. The smallest absolute Gasteiger partial charge is 0.326 e. The molecule has 0 radical (unpaired) electrons. The van der Waals surface area contributed by atoms with Crippen LogP contribution in [0.15, 0.2) is 0 Å². The minimum atomic E-state index is -1.66. The van der Waals surface area contributed by atoms with E-state index in [1.54, 1.807) is 0 Å². The first-order valence-corrected chi connectivity index (χ1v) is 8.65. The summed E-state index contributed by atoms with van der Waals surface area (Å²) in [4.78, 5) is 70.0. The third-order valence-electron chi connectivity index (χ3n) is 3.69. The van der Waals surface area contributed by atoms with E-state index in [0.717, 1.165) is 0 Å². The van der Waals surface area contributed by atoms with Gasteiger partial charge in [-0.1, -0.05) is 13.8 Å². The number of amides is 4. The molecule has 0 rings (SSSR count). The molecule has 13 nitrogen and oxygen atoms in total. The number of carbonyl (C=O) groups excluding carboxylic acids is 4. The lowest BCUT2D eigenvalue weighted by molar-refractivity contribution is -0.144. The van der Waals surface area contributed by atoms with Gasteiger partial charge in [-0.05, 0) is 12.8 Å². The van der Waals surface area contributed by atoms with Crippen LogP contribution in [-0.2, 0) is 28.8 Å². The molecule has 4 unspecified atom stereocenters. The molecule has 164 valence electrons. The number of rotatable bonds is 12. The number of nitrogens with two attached hydrogens (primary N) is 2. The van der Waals surface area contributed by atoms with Crippen LogP contribution in [0, 0.1) is 5.92 Å². The first-order valence-electron chi connectivity index (χ1n) is 8.65. The van der Waals surface area contributed by atoms with Crippen molar-refractivity contribution in [2.45, 2.75) is 57.8 Å². The molecule has 0 aromatic carbocycles. The van der Waals surface area contributed by atoms with E-state index in [9.17, 15) is 28.8 Å². The monoisotopic (exact) mass is 417 g/mol. The zero-order valence-corrected chi connectivity index (χ0v) is 16.3. The lowest BCUT2D eigenvalue weighted by Gasteiger charge is -2.24. The summed E-state index contributed by atoms with van der Waals surface area (Å²) in [6.07, 6.45) is -1.50. The van der Waals surface area contributed by atoms with Crippen molar-refractivity contribution in [2.75, 3.05) is 0 Å². The maximum atomic E-state index is 12.4. The topological polar surface area (TPSA) is 231 Å². The van der Waals surface area contributed by atoms with Gasteiger partial charge in [0.05, 0.1) is 18.9 Å². The molecule has 0 saturated heterocycles. The average Bonchev–Trinajstić information content (AvgIpc) is 2.56. The van der Waals surface area contributed by atoms with Gasteiger partial charge in [-0.2, -0.15) is 0 Å². The summed E-state index contributed by atoms with van der Waals surface area (Å²) in [5, 5.41) is 24.6. The molecule has 0 saturated carbocycles. The summed E-state index contributed by atoms with van der Waals surface area (Å²) in [6.45, 7) is 4.37. The van der Waals surface area contributed by atoms with Gasteiger partial charge in [0.15, 0.2) is 0 Å². The summed E-state index contributed by atoms with van der Waals surface area (Å²) in [7, 11) is 0. The summed E-state index contributed by atoms with van der Waals surface area (Å²) >= 11 is 0. The highest BCUT2D eigenvalue weighted by molar-refractivity contribution is 5.97. The third kappa shape index (κ3) is 9.51. The standard InChI is InChI=1S/C16H27N5O8/c1-6(2)12(16(28)29)21-15(27)9(5-11(23)24)20-14(26)8(4-10(18)22)19-13(25)7(3)17/h6-9,12H,4-5,17H2,1-3H3,(H2,18,22)(H,19,25)(H,20,26)(H,21,27)(H,23,24)(H,28,29). The Morgan fingerprint density at radius 2 is 1.24 bits per heavy atom. The first kappa shape index (κ1) is 25.8. The molecule has 0 spiro atoms. The molecule has 0 aliphatic carbocycles. The van der Waals surface area contributed by atoms with Crippen molar-refractivity contribution >= 4 is 35.6 Å². The highest BCUT2D eigenvalue weighted by Gasteiger charge is 2.32. The van der Waals surface area contributed by atoms with Crippen molar-refractivity contribution in [1.82, 2.24) is 16.0 Å². The van der Waals surface area contributed by atoms with Crippen molar-refractivity contribution in [1.29, 1.82) is 0 Å². The van der Waals surface area contributed by atoms with Crippen LogP contribution in [0.4, 0.5) is 0 Å². The highest BCUT2D eigenvalue weighted by Crippen LogP contribution is 2.04. The Balaban J connectivity index is 5.48. The van der Waals surface area contributed by atoms with Crippen molar-refractivity contribution < 1.29 is 39.0 Å². The molecule has 4 amide bonds. The molecule has 29 heavy (non-hydrogen) atoms. The number of hydrogen-bond acceptors (Lipinski definition) is 7. The van der Waals surface area contributed by atoms with Crippen LogP contribution in [0.5, 0.6) is 0 Å². The second kappa shape index (κ2) is 11.6. The van der Waals surface area contributed by atoms with E-state index in [4.69, 9.17) is 21.7 Å². The van der Waals surface area contributed by atoms with Crippen LogP contribution >= 0.6 is 0 Å². The lowest BCUT2D eigenvalue weighted by atomic mass is 10.0. The van der Waals surface area contributed by atoms with Gasteiger partial charge in [0.1, 0.15) is 18.1 Å². The number of hydrogen-bond donors (Lipinski definition) is 7. The highest BCUT2D eigenvalue weighted by atomic mass is 16.4. The fourth-order valence-electron chi connectivity index (χ4n) is 2.14. The quantitative estimate of drug-likeness (QED) is 0.170. The minimum Gasteiger partial charge on any atom is -0.481 e. The minimum absolute atomic E-state index is 0.523. The Labute approximate surface area is 166 Å². The van der Waals surface area contributed by atoms with Crippen molar-refractivity contribution in [3.05, 3.63) is 0 Å². The van der Waals surface area contributed by atoms with Gasteiger partial charge < -0.3 is 37.6 Å². The SMILES string of the molecule is CC(N)C(=O)NC(CC(N)=O)C(=O)NC(CC(=O)O)C(=O)NC(C(=O)O)C(C)C. The van der Waals surface area contributed by atoms with Crippen molar-refractivity contribution in [2.24, 2.45) is 17.4 Å². The summed E-state index contributed by atoms with van der Waals surface area (Å²) in [5.74, 6) is -7.16. The molecular weight excluding hydrogens is 390 g/mol. The number of aliphatic carboxylic acids is 2. The first-order chi connectivity index (χ1) is 13.3. The number of nitrogens with one attached hydrogen (secondary N) is 3. The fraction of sp³-hybridized carbons (Fsp3) is 0.625. The molecule has 0 aromatic rings. The zero-order chi connectivity index (χ0) is 22.9. The fourth-order valence-corrected chi connectivity index (χ4v) is 2.14. The number of carboxylic acids is 2. The normalized spacial score (nSPS) is 14.8. The molecule has 9 N–H and O–H groups in total. The summed E-state index contributed by atoms with van der Waals surface area (Å²) < 4.78 is 0. The van der Waals surface area contributed by atoms with Crippen molar-refractivity contribution in [3.63, 3.8) is 0 Å². The molecular formula is C16H27N5O8. The third-order valence-corrected chi connectivity index (χ3v) is 3.69. The molecule has 13 heteroatoms. The molecule has 0 aromatic heterocycles. The van der Waals surface area contributed by atoms with E-state index in [1.165, 1.54) is 20.8 Å². The van der Waals surface area contributed by atoms with Gasteiger partial charge in [-0.15, -0.1) is 0 Å². The molecule has 4 atom stereocenters. The van der Waals surface area contributed by atoms with Crippen LogP contribution in [0.3, 0.4) is 0 Å². The van der Waals surface area contributed by atoms with Crippen LogP contribution < -0.4 is 27.4 Å². The van der Waals surface area contributed by atoms with Gasteiger partial charge in [0.25, 0.3) is 0 Å². The predicted molar refractivity (Wildman–Crippen MR) is 98.0 cm³/mol. The van der Waals surface area contributed by atoms with E-state index in [-0.39, 0.29) is 0 Å². The number of carbonyl (C=O) groups is 6. The van der Waals surface area contributed by atoms with Gasteiger partial charge in [0.2, 0.25) is 23.6 Å². The van der Waals surface area contributed by atoms with Crippen LogP contribution in [0.1, 0.15) is 33.6 Å².